The molecule has 0 amide bonds. The summed E-state index contributed by atoms with van der Waals surface area (Å²) < 4.78 is 16.3. The number of aryl methyl sites for hydroxylation is 2. The second kappa shape index (κ2) is 5.61. The summed E-state index contributed by atoms with van der Waals surface area (Å²) >= 11 is 0. The highest BCUT2D eigenvalue weighted by molar-refractivity contribution is 7.88. The van der Waals surface area contributed by atoms with Gasteiger partial charge in [0.2, 0.25) is 0 Å². The predicted octanol–water partition coefficient (Wildman–Crippen LogP) is 2.10. The molecule has 0 aliphatic rings. The minimum atomic E-state index is -1.31. The molecule has 0 heterocycles. The number of rotatable bonds is 3. The van der Waals surface area contributed by atoms with Crippen molar-refractivity contribution in [3.05, 3.63) is 40.8 Å². The standard InChI is InChI=1S/C12H14O3S/c1-9-4-5-10(2)11(8-9)16(14)7-6-12(13)15-3/h4-8H,1-3H3/b7-6+. The molecule has 0 radical (unpaired) electrons. The number of carbonyl (C=O) groups excluding carboxylic acids is 1. The van der Waals surface area contributed by atoms with Gasteiger partial charge in [-0.2, -0.15) is 0 Å². The molecule has 0 bridgehead atoms. The molecule has 86 valence electrons. The monoisotopic (exact) mass is 238 g/mol. The minimum absolute atomic E-state index is 0.501. The van der Waals surface area contributed by atoms with Crippen molar-refractivity contribution in [3.63, 3.8) is 0 Å². The van der Waals surface area contributed by atoms with Gasteiger partial charge in [-0.25, -0.2) is 9.00 Å². The van der Waals surface area contributed by atoms with E-state index in [4.69, 9.17) is 0 Å². The van der Waals surface area contributed by atoms with Crippen LogP contribution in [0.15, 0.2) is 34.6 Å². The van der Waals surface area contributed by atoms with Gasteiger partial charge in [0.1, 0.15) is 0 Å². The number of hydrogen-bond donors (Lipinski definition) is 0. The summed E-state index contributed by atoms with van der Waals surface area (Å²) in [6, 6.07) is 5.72. The lowest BCUT2D eigenvalue weighted by Crippen LogP contribution is -1.97. The van der Waals surface area contributed by atoms with E-state index in [2.05, 4.69) is 4.74 Å². The third-order valence-corrected chi connectivity index (χ3v) is 3.35. The number of carbonyl (C=O) groups is 1. The molecule has 0 aliphatic carbocycles. The van der Waals surface area contributed by atoms with Crippen molar-refractivity contribution in [2.45, 2.75) is 18.7 Å². The van der Waals surface area contributed by atoms with Crippen LogP contribution in [0.1, 0.15) is 11.1 Å². The molecule has 1 aromatic carbocycles. The van der Waals surface area contributed by atoms with Gasteiger partial charge in [-0.05, 0) is 31.0 Å². The van der Waals surface area contributed by atoms with E-state index in [0.29, 0.717) is 0 Å². The van der Waals surface area contributed by atoms with Crippen LogP contribution in [-0.4, -0.2) is 17.3 Å². The van der Waals surface area contributed by atoms with E-state index in [-0.39, 0.29) is 0 Å². The number of hydrogen-bond acceptors (Lipinski definition) is 3. The Morgan fingerprint density at radius 1 is 1.38 bits per heavy atom. The maximum Gasteiger partial charge on any atom is 0.331 e. The third kappa shape index (κ3) is 3.31. The van der Waals surface area contributed by atoms with Crippen molar-refractivity contribution in [1.29, 1.82) is 0 Å². The molecular weight excluding hydrogens is 224 g/mol. The van der Waals surface area contributed by atoms with Crippen LogP contribution in [0.3, 0.4) is 0 Å². The first-order valence-electron chi connectivity index (χ1n) is 4.78. The quantitative estimate of drug-likeness (QED) is 0.598. The number of methoxy groups -OCH3 is 1. The summed E-state index contributed by atoms with van der Waals surface area (Å²) in [5.74, 6) is -0.501. The zero-order valence-corrected chi connectivity index (χ0v) is 10.3. The van der Waals surface area contributed by atoms with E-state index in [1.54, 1.807) is 0 Å². The molecule has 3 nitrogen and oxygen atoms in total. The van der Waals surface area contributed by atoms with Crippen molar-refractivity contribution in [2.75, 3.05) is 7.11 Å². The van der Waals surface area contributed by atoms with E-state index in [1.165, 1.54) is 18.6 Å². The summed E-state index contributed by atoms with van der Waals surface area (Å²) in [5.41, 5.74) is 1.99. The molecule has 0 fully saturated rings. The van der Waals surface area contributed by atoms with Crippen molar-refractivity contribution in [1.82, 2.24) is 0 Å². The summed E-state index contributed by atoms with van der Waals surface area (Å²) in [4.78, 5) is 11.6. The minimum Gasteiger partial charge on any atom is -0.466 e. The molecule has 1 aromatic rings. The number of benzene rings is 1. The Morgan fingerprint density at radius 2 is 2.06 bits per heavy atom. The van der Waals surface area contributed by atoms with E-state index in [1.807, 2.05) is 32.0 Å². The molecule has 16 heavy (non-hydrogen) atoms. The van der Waals surface area contributed by atoms with Crippen LogP contribution in [0.2, 0.25) is 0 Å². The lowest BCUT2D eigenvalue weighted by atomic mass is 10.2. The van der Waals surface area contributed by atoms with Crippen LogP contribution < -0.4 is 0 Å². The number of esters is 1. The second-order valence-electron chi connectivity index (χ2n) is 3.39. The van der Waals surface area contributed by atoms with Gasteiger partial charge >= 0.3 is 5.97 Å². The fourth-order valence-corrected chi connectivity index (χ4v) is 2.25. The maximum absolute atomic E-state index is 11.9. The molecule has 1 rings (SSSR count). The second-order valence-corrected chi connectivity index (χ2v) is 4.70. The highest BCUT2D eigenvalue weighted by Gasteiger charge is 2.05. The molecular formula is C12H14O3S. The molecule has 0 aliphatic heterocycles. The Balaban J connectivity index is 2.92. The predicted molar refractivity (Wildman–Crippen MR) is 63.5 cm³/mol. The van der Waals surface area contributed by atoms with Gasteiger partial charge in [0.15, 0.2) is 0 Å². The zero-order valence-electron chi connectivity index (χ0n) is 9.52. The molecule has 1 unspecified atom stereocenters. The van der Waals surface area contributed by atoms with E-state index >= 15 is 0 Å². The fraction of sp³-hybridized carbons (Fsp3) is 0.250. The van der Waals surface area contributed by atoms with Gasteiger partial charge in [-0.15, -0.1) is 0 Å². The Kier molecular flexibility index (Phi) is 4.43. The maximum atomic E-state index is 11.9. The molecule has 0 saturated carbocycles. The largest absolute Gasteiger partial charge is 0.466 e. The first kappa shape index (κ1) is 12.6. The van der Waals surface area contributed by atoms with Gasteiger partial charge in [0.25, 0.3) is 0 Å². The first-order valence-corrected chi connectivity index (χ1v) is 6.00. The van der Waals surface area contributed by atoms with E-state index in [9.17, 15) is 9.00 Å². The molecule has 1 atom stereocenters. The smallest absolute Gasteiger partial charge is 0.331 e. The Hall–Kier alpha value is -1.42. The van der Waals surface area contributed by atoms with Crippen LogP contribution in [0.25, 0.3) is 0 Å². The summed E-state index contributed by atoms with van der Waals surface area (Å²) in [7, 11) is -0.0236. The summed E-state index contributed by atoms with van der Waals surface area (Å²) in [6.45, 7) is 3.82. The molecule has 4 heteroatoms. The Bertz CT molecular complexity index is 450. The summed E-state index contributed by atoms with van der Waals surface area (Å²) in [6.07, 6.45) is 1.18. The lowest BCUT2D eigenvalue weighted by Gasteiger charge is -2.03. The van der Waals surface area contributed by atoms with Crippen molar-refractivity contribution >= 4 is 16.8 Å². The highest BCUT2D eigenvalue weighted by Crippen LogP contribution is 2.15. The van der Waals surface area contributed by atoms with E-state index in [0.717, 1.165) is 16.0 Å². The van der Waals surface area contributed by atoms with Crippen LogP contribution in [-0.2, 0) is 20.3 Å². The van der Waals surface area contributed by atoms with Crippen molar-refractivity contribution in [3.8, 4) is 0 Å². The molecule has 0 N–H and O–H groups in total. The fourth-order valence-electron chi connectivity index (χ4n) is 1.18. The number of ether oxygens (including phenoxy) is 1. The van der Waals surface area contributed by atoms with Gasteiger partial charge in [0, 0.05) is 16.4 Å². The Labute approximate surface area is 97.6 Å². The average molecular weight is 238 g/mol. The topological polar surface area (TPSA) is 43.4 Å². The lowest BCUT2D eigenvalue weighted by molar-refractivity contribution is -0.134. The van der Waals surface area contributed by atoms with Gasteiger partial charge in [0.05, 0.1) is 17.9 Å². The summed E-state index contributed by atoms with van der Waals surface area (Å²) in [5, 5.41) is 1.34. The normalized spacial score (nSPS) is 12.7. The van der Waals surface area contributed by atoms with E-state index < -0.39 is 16.8 Å². The SMILES string of the molecule is COC(=O)/C=C/S(=O)c1cc(C)ccc1C. The first-order chi connectivity index (χ1) is 7.54. The third-order valence-electron chi connectivity index (χ3n) is 2.09. The van der Waals surface area contributed by atoms with Gasteiger partial charge in [-0.3, -0.25) is 0 Å². The van der Waals surface area contributed by atoms with Gasteiger partial charge in [-0.1, -0.05) is 12.1 Å². The van der Waals surface area contributed by atoms with Crippen LogP contribution in [0.4, 0.5) is 0 Å². The molecule has 0 saturated heterocycles. The van der Waals surface area contributed by atoms with Crippen molar-refractivity contribution < 1.29 is 13.7 Å². The zero-order chi connectivity index (χ0) is 12.1. The molecule has 0 aromatic heterocycles. The average Bonchev–Trinajstić information content (AvgIpc) is 2.28. The molecule has 0 spiro atoms. The van der Waals surface area contributed by atoms with Crippen LogP contribution >= 0.6 is 0 Å². The van der Waals surface area contributed by atoms with Crippen molar-refractivity contribution in [2.24, 2.45) is 0 Å². The van der Waals surface area contributed by atoms with Gasteiger partial charge < -0.3 is 4.74 Å². The Morgan fingerprint density at radius 3 is 2.69 bits per heavy atom. The van der Waals surface area contributed by atoms with Crippen LogP contribution in [0.5, 0.6) is 0 Å². The highest BCUT2D eigenvalue weighted by atomic mass is 32.2. The van der Waals surface area contributed by atoms with Crippen LogP contribution in [0, 0.1) is 13.8 Å².